The van der Waals surface area contributed by atoms with E-state index in [1.165, 1.54) is 45.4 Å². The maximum atomic E-state index is 11.7. The number of piperazine rings is 1. The van der Waals surface area contributed by atoms with Gasteiger partial charge >= 0.3 is 0 Å². The molecule has 122 valence electrons. The molecule has 5 nitrogen and oxygen atoms in total. The predicted molar refractivity (Wildman–Crippen MR) is 82.1 cm³/mol. The molecular formula is C16H30N2O3. The molecule has 1 saturated heterocycles. The summed E-state index contributed by atoms with van der Waals surface area (Å²) in [4.78, 5) is 15.8. The molecule has 0 radical (unpaired) electrons. The number of carbonyl (C=O) groups is 1. The van der Waals surface area contributed by atoms with Gasteiger partial charge < -0.3 is 14.7 Å². The summed E-state index contributed by atoms with van der Waals surface area (Å²) in [6.07, 6.45) is 7.36. The van der Waals surface area contributed by atoms with Gasteiger partial charge in [0.15, 0.2) is 0 Å². The fraction of sp³-hybridized carbons (Fsp3) is 0.938. The SMILES string of the molecule is CC(O)C(=O)N1CCN(CCOC2CCCCCC2)CC1. The lowest BCUT2D eigenvalue weighted by atomic mass is 10.1. The average molecular weight is 298 g/mol. The Balaban J connectivity index is 1.59. The number of aliphatic hydroxyl groups is 1. The van der Waals surface area contributed by atoms with Gasteiger partial charge in [-0.25, -0.2) is 0 Å². The fourth-order valence-electron chi connectivity index (χ4n) is 3.21. The molecule has 2 rings (SSSR count). The van der Waals surface area contributed by atoms with Crippen LogP contribution in [0, 0.1) is 0 Å². The van der Waals surface area contributed by atoms with Crippen LogP contribution in [0.1, 0.15) is 45.4 Å². The van der Waals surface area contributed by atoms with E-state index >= 15 is 0 Å². The quantitative estimate of drug-likeness (QED) is 0.776. The molecule has 1 N–H and O–H groups in total. The predicted octanol–water partition coefficient (Wildman–Crippen LogP) is 1.25. The van der Waals surface area contributed by atoms with E-state index in [0.29, 0.717) is 19.2 Å². The second kappa shape index (κ2) is 8.71. The number of rotatable bonds is 5. The molecule has 0 aromatic heterocycles. The Kier molecular flexibility index (Phi) is 6.93. The summed E-state index contributed by atoms with van der Waals surface area (Å²) in [5, 5.41) is 9.32. The summed E-state index contributed by atoms with van der Waals surface area (Å²) in [6.45, 7) is 6.48. The van der Waals surface area contributed by atoms with E-state index in [2.05, 4.69) is 4.90 Å². The minimum Gasteiger partial charge on any atom is -0.384 e. The first-order valence-corrected chi connectivity index (χ1v) is 8.47. The van der Waals surface area contributed by atoms with Crippen molar-refractivity contribution in [2.75, 3.05) is 39.3 Å². The van der Waals surface area contributed by atoms with Crippen LogP contribution in [-0.4, -0.2) is 72.4 Å². The van der Waals surface area contributed by atoms with Crippen LogP contribution in [0.4, 0.5) is 0 Å². The van der Waals surface area contributed by atoms with Gasteiger partial charge in [0.05, 0.1) is 12.7 Å². The van der Waals surface area contributed by atoms with Gasteiger partial charge in [0.25, 0.3) is 5.91 Å². The Labute approximate surface area is 128 Å². The first-order chi connectivity index (χ1) is 10.2. The van der Waals surface area contributed by atoms with Gasteiger partial charge in [0.1, 0.15) is 6.10 Å². The Morgan fingerprint density at radius 1 is 1.14 bits per heavy atom. The van der Waals surface area contributed by atoms with Gasteiger partial charge in [-0.15, -0.1) is 0 Å². The Hall–Kier alpha value is -0.650. The standard InChI is InChI=1S/C16H30N2O3/c1-14(19)16(20)18-10-8-17(9-11-18)12-13-21-15-6-4-2-3-5-7-15/h14-15,19H,2-13H2,1H3. The molecule has 1 saturated carbocycles. The van der Waals surface area contributed by atoms with Gasteiger partial charge in [0, 0.05) is 32.7 Å². The fourth-order valence-corrected chi connectivity index (χ4v) is 3.21. The van der Waals surface area contributed by atoms with E-state index in [1.807, 2.05) is 0 Å². The molecule has 1 atom stereocenters. The van der Waals surface area contributed by atoms with Crippen LogP contribution in [0.2, 0.25) is 0 Å². The lowest BCUT2D eigenvalue weighted by Crippen LogP contribution is -2.51. The van der Waals surface area contributed by atoms with Crippen LogP contribution in [-0.2, 0) is 9.53 Å². The number of ether oxygens (including phenoxy) is 1. The minimum absolute atomic E-state index is 0.149. The summed E-state index contributed by atoms with van der Waals surface area (Å²) < 4.78 is 6.02. The van der Waals surface area contributed by atoms with Crippen molar-refractivity contribution in [3.05, 3.63) is 0 Å². The zero-order chi connectivity index (χ0) is 15.1. The zero-order valence-electron chi connectivity index (χ0n) is 13.3. The normalized spacial score (nSPS) is 23.8. The van der Waals surface area contributed by atoms with E-state index in [1.54, 1.807) is 4.90 Å². The highest BCUT2D eigenvalue weighted by atomic mass is 16.5. The number of nitrogens with zero attached hydrogens (tertiary/aromatic N) is 2. The maximum Gasteiger partial charge on any atom is 0.251 e. The van der Waals surface area contributed by atoms with E-state index in [4.69, 9.17) is 4.74 Å². The van der Waals surface area contributed by atoms with Crippen molar-refractivity contribution >= 4 is 5.91 Å². The van der Waals surface area contributed by atoms with Gasteiger partial charge in [-0.3, -0.25) is 9.69 Å². The van der Waals surface area contributed by atoms with Crippen LogP contribution < -0.4 is 0 Å². The van der Waals surface area contributed by atoms with Crippen molar-refractivity contribution in [3.8, 4) is 0 Å². The van der Waals surface area contributed by atoms with Crippen molar-refractivity contribution in [1.29, 1.82) is 0 Å². The molecule has 0 spiro atoms. The second-order valence-corrected chi connectivity index (χ2v) is 6.33. The third kappa shape index (κ3) is 5.57. The van der Waals surface area contributed by atoms with Crippen LogP contribution in [0.3, 0.4) is 0 Å². The van der Waals surface area contributed by atoms with Crippen molar-refractivity contribution in [1.82, 2.24) is 9.80 Å². The van der Waals surface area contributed by atoms with Gasteiger partial charge in [0.2, 0.25) is 0 Å². The minimum atomic E-state index is -0.880. The van der Waals surface area contributed by atoms with Crippen molar-refractivity contribution in [2.24, 2.45) is 0 Å². The summed E-state index contributed by atoms with van der Waals surface area (Å²) >= 11 is 0. The summed E-state index contributed by atoms with van der Waals surface area (Å²) in [7, 11) is 0. The van der Waals surface area contributed by atoms with Crippen LogP contribution >= 0.6 is 0 Å². The molecule has 0 aromatic carbocycles. The monoisotopic (exact) mass is 298 g/mol. The zero-order valence-corrected chi connectivity index (χ0v) is 13.3. The number of hydrogen-bond acceptors (Lipinski definition) is 4. The molecule has 1 aliphatic carbocycles. The summed E-state index contributed by atoms with van der Waals surface area (Å²) in [6, 6.07) is 0. The van der Waals surface area contributed by atoms with Crippen molar-refractivity contribution < 1.29 is 14.6 Å². The van der Waals surface area contributed by atoms with Crippen LogP contribution in [0.5, 0.6) is 0 Å². The molecule has 5 heteroatoms. The molecule has 1 aliphatic heterocycles. The molecular weight excluding hydrogens is 268 g/mol. The molecule has 0 aromatic rings. The Bertz CT molecular complexity index is 307. The number of hydrogen-bond donors (Lipinski definition) is 1. The van der Waals surface area contributed by atoms with Gasteiger partial charge in [-0.2, -0.15) is 0 Å². The molecule has 2 fully saturated rings. The lowest BCUT2D eigenvalue weighted by Gasteiger charge is -2.35. The topological polar surface area (TPSA) is 53.0 Å². The highest BCUT2D eigenvalue weighted by molar-refractivity contribution is 5.80. The molecule has 0 bridgehead atoms. The van der Waals surface area contributed by atoms with Crippen molar-refractivity contribution in [2.45, 2.75) is 57.7 Å². The smallest absolute Gasteiger partial charge is 0.251 e. The summed E-state index contributed by atoms with van der Waals surface area (Å²) in [5.74, 6) is -0.149. The first-order valence-electron chi connectivity index (χ1n) is 8.47. The molecule has 2 aliphatic rings. The Morgan fingerprint density at radius 3 is 2.33 bits per heavy atom. The lowest BCUT2D eigenvalue weighted by molar-refractivity contribution is -0.141. The number of carbonyl (C=O) groups excluding carboxylic acids is 1. The third-order valence-corrected chi connectivity index (χ3v) is 4.60. The number of aliphatic hydroxyl groups excluding tert-OH is 1. The van der Waals surface area contributed by atoms with E-state index in [0.717, 1.165) is 26.2 Å². The molecule has 1 heterocycles. The maximum absolute atomic E-state index is 11.7. The third-order valence-electron chi connectivity index (χ3n) is 4.60. The summed E-state index contributed by atoms with van der Waals surface area (Å²) in [5.41, 5.74) is 0. The van der Waals surface area contributed by atoms with E-state index < -0.39 is 6.10 Å². The number of amides is 1. The van der Waals surface area contributed by atoms with Gasteiger partial charge in [-0.05, 0) is 19.8 Å². The van der Waals surface area contributed by atoms with E-state index in [-0.39, 0.29) is 5.91 Å². The van der Waals surface area contributed by atoms with Crippen molar-refractivity contribution in [3.63, 3.8) is 0 Å². The molecule has 1 amide bonds. The highest BCUT2D eigenvalue weighted by Gasteiger charge is 2.23. The Morgan fingerprint density at radius 2 is 1.76 bits per heavy atom. The van der Waals surface area contributed by atoms with Crippen LogP contribution in [0.25, 0.3) is 0 Å². The first kappa shape index (κ1) is 16.7. The van der Waals surface area contributed by atoms with Crippen LogP contribution in [0.15, 0.2) is 0 Å². The second-order valence-electron chi connectivity index (χ2n) is 6.33. The largest absolute Gasteiger partial charge is 0.384 e. The van der Waals surface area contributed by atoms with E-state index in [9.17, 15) is 9.90 Å². The highest BCUT2D eigenvalue weighted by Crippen LogP contribution is 2.19. The van der Waals surface area contributed by atoms with Gasteiger partial charge in [-0.1, -0.05) is 25.7 Å². The average Bonchev–Trinajstić information content (AvgIpc) is 2.76. The molecule has 1 unspecified atom stereocenters. The molecule has 21 heavy (non-hydrogen) atoms.